The van der Waals surface area contributed by atoms with Crippen LogP contribution in [0.3, 0.4) is 0 Å². The summed E-state index contributed by atoms with van der Waals surface area (Å²) in [7, 11) is 0. The maximum atomic E-state index is 3.93. The Labute approximate surface area is 144 Å². The Morgan fingerprint density at radius 3 is 2.00 bits per heavy atom. The molecule has 2 heterocycles. The van der Waals surface area contributed by atoms with Gasteiger partial charge in [-0.3, -0.25) is 0 Å². The van der Waals surface area contributed by atoms with Gasteiger partial charge in [0.05, 0.1) is 23.1 Å². The van der Waals surface area contributed by atoms with Gasteiger partial charge in [0.25, 0.3) is 0 Å². The molecule has 0 unspecified atom stereocenters. The van der Waals surface area contributed by atoms with Gasteiger partial charge in [-0.1, -0.05) is 54.2 Å². The summed E-state index contributed by atoms with van der Waals surface area (Å²) in [5.74, 6) is 0. The average molecular weight is 329 g/mol. The lowest BCUT2D eigenvalue weighted by Gasteiger charge is -2.19. The molecule has 4 heteroatoms. The summed E-state index contributed by atoms with van der Waals surface area (Å²) < 4.78 is 0. The second kappa shape index (κ2) is 6.72. The van der Waals surface area contributed by atoms with E-state index in [9.17, 15) is 0 Å². The first-order chi connectivity index (χ1) is 11.9. The van der Waals surface area contributed by atoms with Crippen molar-refractivity contribution in [2.75, 3.05) is 5.32 Å². The van der Waals surface area contributed by atoms with Gasteiger partial charge in [-0.25, -0.2) is 0 Å². The fourth-order valence-electron chi connectivity index (χ4n) is 2.51. The van der Waals surface area contributed by atoms with Crippen molar-refractivity contribution in [3.05, 3.63) is 85.1 Å². The maximum absolute atomic E-state index is 3.93. The summed E-state index contributed by atoms with van der Waals surface area (Å²) in [6, 6.07) is 26.6. The molecule has 0 amide bonds. The minimum Gasteiger partial charge on any atom is -0.354 e. The van der Waals surface area contributed by atoms with Crippen LogP contribution in [0.2, 0.25) is 0 Å². The van der Waals surface area contributed by atoms with Crippen LogP contribution in [0.25, 0.3) is 10.9 Å². The third-order valence-corrected chi connectivity index (χ3v) is 4.84. The van der Waals surface area contributed by atoms with E-state index in [1.165, 1.54) is 21.2 Å². The molecule has 0 fully saturated rings. The summed E-state index contributed by atoms with van der Waals surface area (Å²) >= 11 is 1.82. The van der Waals surface area contributed by atoms with Gasteiger partial charge in [-0.15, -0.1) is 0 Å². The zero-order valence-corrected chi connectivity index (χ0v) is 13.7. The second-order valence-corrected chi connectivity index (χ2v) is 6.39. The SMILES string of the molecule is c1ccc2c(c1)Nc1ccccc1S2.c1ccc2nnccc2c1. The van der Waals surface area contributed by atoms with Crippen LogP contribution in [-0.4, -0.2) is 10.2 Å². The number of hydrogen-bond donors (Lipinski definition) is 1. The molecule has 5 rings (SSSR count). The largest absolute Gasteiger partial charge is 0.354 e. The molecule has 1 aliphatic rings. The lowest BCUT2D eigenvalue weighted by molar-refractivity contribution is 1.08. The first-order valence-corrected chi connectivity index (χ1v) is 8.51. The second-order valence-electron chi connectivity index (χ2n) is 5.31. The van der Waals surface area contributed by atoms with Gasteiger partial charge in [0.2, 0.25) is 0 Å². The zero-order valence-electron chi connectivity index (χ0n) is 12.9. The standard InChI is InChI=1S/C12H9NS.C8H6N2/c1-3-7-11-9(5-1)13-10-6-2-4-8-12(10)14-11;1-2-4-8-7(3-1)5-6-9-10-8/h1-8,13H;1-6H. The van der Waals surface area contributed by atoms with E-state index in [4.69, 9.17) is 0 Å². The molecule has 0 bridgehead atoms. The summed E-state index contributed by atoms with van der Waals surface area (Å²) in [4.78, 5) is 2.59. The molecule has 3 nitrogen and oxygen atoms in total. The van der Waals surface area contributed by atoms with Crippen molar-refractivity contribution in [3.63, 3.8) is 0 Å². The molecular weight excluding hydrogens is 314 g/mol. The first kappa shape index (κ1) is 14.7. The van der Waals surface area contributed by atoms with Crippen molar-refractivity contribution in [2.24, 2.45) is 0 Å². The average Bonchev–Trinajstić information content (AvgIpc) is 2.67. The van der Waals surface area contributed by atoms with Crippen LogP contribution in [0.1, 0.15) is 0 Å². The maximum Gasteiger partial charge on any atom is 0.0929 e. The summed E-state index contributed by atoms with van der Waals surface area (Å²) in [6.45, 7) is 0. The van der Waals surface area contributed by atoms with E-state index in [0.717, 1.165) is 10.9 Å². The fourth-order valence-corrected chi connectivity index (χ4v) is 3.50. The number of para-hydroxylation sites is 2. The molecule has 0 aliphatic carbocycles. The Morgan fingerprint density at radius 2 is 1.29 bits per heavy atom. The highest BCUT2D eigenvalue weighted by atomic mass is 32.2. The van der Waals surface area contributed by atoms with Crippen LogP contribution >= 0.6 is 11.8 Å². The Morgan fingerprint density at radius 1 is 0.667 bits per heavy atom. The molecule has 0 saturated carbocycles. The Hall–Kier alpha value is -2.85. The molecule has 3 aromatic carbocycles. The Kier molecular flexibility index (Phi) is 4.13. The van der Waals surface area contributed by atoms with Crippen molar-refractivity contribution < 1.29 is 0 Å². The molecule has 0 spiro atoms. The number of aromatic nitrogens is 2. The molecule has 116 valence electrons. The Balaban J connectivity index is 0.000000129. The topological polar surface area (TPSA) is 37.8 Å². The molecule has 1 aromatic heterocycles. The number of benzene rings is 3. The van der Waals surface area contributed by atoms with Gasteiger partial charge in [0.1, 0.15) is 0 Å². The predicted molar refractivity (Wildman–Crippen MR) is 99.8 cm³/mol. The van der Waals surface area contributed by atoms with Gasteiger partial charge in [-0.2, -0.15) is 10.2 Å². The first-order valence-electron chi connectivity index (χ1n) is 7.69. The van der Waals surface area contributed by atoms with Crippen molar-refractivity contribution in [1.29, 1.82) is 0 Å². The number of nitrogens with zero attached hydrogens (tertiary/aromatic N) is 2. The highest BCUT2D eigenvalue weighted by molar-refractivity contribution is 7.99. The molecule has 1 aliphatic heterocycles. The van der Waals surface area contributed by atoms with E-state index >= 15 is 0 Å². The fraction of sp³-hybridized carbons (Fsp3) is 0. The molecule has 24 heavy (non-hydrogen) atoms. The Bertz CT molecular complexity index is 832. The molecule has 0 radical (unpaired) electrons. The third kappa shape index (κ3) is 3.09. The van der Waals surface area contributed by atoms with Crippen LogP contribution < -0.4 is 5.32 Å². The normalized spacial score (nSPS) is 11.5. The van der Waals surface area contributed by atoms with E-state index in [1.807, 2.05) is 42.1 Å². The third-order valence-electron chi connectivity index (χ3n) is 3.69. The smallest absolute Gasteiger partial charge is 0.0929 e. The van der Waals surface area contributed by atoms with E-state index < -0.39 is 0 Å². The lowest BCUT2D eigenvalue weighted by atomic mass is 10.2. The van der Waals surface area contributed by atoms with E-state index in [0.29, 0.717) is 0 Å². The molecular formula is C20H15N3S. The lowest BCUT2D eigenvalue weighted by Crippen LogP contribution is -1.98. The van der Waals surface area contributed by atoms with Gasteiger partial charge in [0.15, 0.2) is 0 Å². The number of anilines is 2. The van der Waals surface area contributed by atoms with Crippen LogP contribution in [0.5, 0.6) is 0 Å². The minimum absolute atomic E-state index is 0.949. The molecule has 0 atom stereocenters. The molecule has 0 saturated heterocycles. The molecule has 1 N–H and O–H groups in total. The highest BCUT2D eigenvalue weighted by Gasteiger charge is 2.13. The zero-order chi connectivity index (χ0) is 16.2. The minimum atomic E-state index is 0.949. The van der Waals surface area contributed by atoms with E-state index in [1.54, 1.807) is 6.20 Å². The summed E-state index contributed by atoms with van der Waals surface area (Å²) in [6.07, 6.45) is 1.70. The van der Waals surface area contributed by atoms with Crippen LogP contribution in [0.15, 0.2) is 94.9 Å². The highest BCUT2D eigenvalue weighted by Crippen LogP contribution is 2.43. The van der Waals surface area contributed by atoms with Crippen molar-refractivity contribution >= 4 is 34.0 Å². The summed E-state index contributed by atoms with van der Waals surface area (Å²) in [5.41, 5.74) is 3.36. The van der Waals surface area contributed by atoms with Crippen LogP contribution in [0.4, 0.5) is 11.4 Å². The number of nitrogens with one attached hydrogen (secondary N) is 1. The number of fused-ring (bicyclic) bond motifs is 3. The van der Waals surface area contributed by atoms with E-state index in [2.05, 4.69) is 64.0 Å². The van der Waals surface area contributed by atoms with Gasteiger partial charge in [-0.05, 0) is 36.4 Å². The van der Waals surface area contributed by atoms with Crippen LogP contribution in [-0.2, 0) is 0 Å². The van der Waals surface area contributed by atoms with E-state index in [-0.39, 0.29) is 0 Å². The van der Waals surface area contributed by atoms with Crippen molar-refractivity contribution in [3.8, 4) is 0 Å². The quantitative estimate of drug-likeness (QED) is 0.406. The molecule has 4 aromatic rings. The number of hydrogen-bond acceptors (Lipinski definition) is 4. The van der Waals surface area contributed by atoms with Gasteiger partial charge in [0, 0.05) is 15.2 Å². The predicted octanol–water partition coefficient (Wildman–Crippen LogP) is 5.52. The van der Waals surface area contributed by atoms with Gasteiger partial charge < -0.3 is 5.32 Å². The van der Waals surface area contributed by atoms with Crippen molar-refractivity contribution in [2.45, 2.75) is 9.79 Å². The summed E-state index contributed by atoms with van der Waals surface area (Å²) in [5, 5.41) is 12.3. The van der Waals surface area contributed by atoms with Crippen molar-refractivity contribution in [1.82, 2.24) is 10.2 Å². The van der Waals surface area contributed by atoms with Gasteiger partial charge >= 0.3 is 0 Å². The number of rotatable bonds is 0. The van der Waals surface area contributed by atoms with Crippen LogP contribution in [0, 0.1) is 0 Å². The monoisotopic (exact) mass is 329 g/mol.